The Morgan fingerprint density at radius 2 is 1.36 bits per heavy atom. The maximum absolute atomic E-state index is 5.02. The number of hydrogen-bond acceptors (Lipinski definition) is 1. The van der Waals surface area contributed by atoms with Crippen molar-refractivity contribution >= 4 is 38.1 Å². The minimum absolute atomic E-state index is 0.428. The zero-order valence-corrected chi connectivity index (χ0v) is 19.9. The van der Waals surface area contributed by atoms with E-state index in [1.54, 1.807) is 0 Å². The SMILES string of the molecule is CC(C)c1cccc(C(C)C)c1-c1cnc2c3ccccc3c3cc4cn(C)cc4cc3n12. The van der Waals surface area contributed by atoms with Crippen LogP contribution in [0.15, 0.2) is 73.2 Å². The van der Waals surface area contributed by atoms with Crippen molar-refractivity contribution in [3.8, 4) is 11.3 Å². The number of aryl methyl sites for hydroxylation is 1. The van der Waals surface area contributed by atoms with Gasteiger partial charge in [-0.1, -0.05) is 70.2 Å². The standard InChI is InChI=1S/C30H29N3/c1-18(2)22-11-8-12-23(19(3)4)29(22)28-15-31-30-25-10-7-6-9-24(25)26-13-20-16-32(5)17-21(20)14-27(26)33(28)30/h6-19H,1-5H3. The van der Waals surface area contributed by atoms with Gasteiger partial charge in [-0.15, -0.1) is 0 Å². The van der Waals surface area contributed by atoms with E-state index in [0.717, 1.165) is 5.65 Å². The van der Waals surface area contributed by atoms with Crippen molar-refractivity contribution in [2.75, 3.05) is 0 Å². The highest BCUT2D eigenvalue weighted by molar-refractivity contribution is 6.15. The predicted molar refractivity (Wildman–Crippen MR) is 140 cm³/mol. The average Bonchev–Trinajstić information content (AvgIpc) is 3.40. The Kier molecular flexibility index (Phi) is 4.38. The Morgan fingerprint density at radius 3 is 2.03 bits per heavy atom. The highest BCUT2D eigenvalue weighted by Crippen LogP contribution is 2.40. The number of rotatable bonds is 3. The molecule has 3 nitrogen and oxygen atoms in total. The van der Waals surface area contributed by atoms with Gasteiger partial charge in [-0.3, -0.25) is 4.40 Å². The molecular weight excluding hydrogens is 402 g/mol. The van der Waals surface area contributed by atoms with Crippen molar-refractivity contribution in [2.24, 2.45) is 7.05 Å². The summed E-state index contributed by atoms with van der Waals surface area (Å²) >= 11 is 0. The summed E-state index contributed by atoms with van der Waals surface area (Å²) in [6.45, 7) is 9.14. The summed E-state index contributed by atoms with van der Waals surface area (Å²) in [4.78, 5) is 5.02. The van der Waals surface area contributed by atoms with Crippen LogP contribution in [0.1, 0.15) is 50.7 Å². The van der Waals surface area contributed by atoms with E-state index >= 15 is 0 Å². The summed E-state index contributed by atoms with van der Waals surface area (Å²) < 4.78 is 4.54. The third-order valence-electron chi connectivity index (χ3n) is 6.98. The van der Waals surface area contributed by atoms with Crippen molar-refractivity contribution < 1.29 is 0 Å². The normalized spacial score (nSPS) is 12.3. The van der Waals surface area contributed by atoms with E-state index in [4.69, 9.17) is 4.98 Å². The van der Waals surface area contributed by atoms with E-state index < -0.39 is 0 Å². The van der Waals surface area contributed by atoms with E-state index in [-0.39, 0.29) is 0 Å². The molecule has 6 aromatic rings. The molecule has 0 saturated carbocycles. The monoisotopic (exact) mass is 431 g/mol. The molecule has 164 valence electrons. The van der Waals surface area contributed by atoms with E-state index in [2.05, 4.69) is 117 Å². The molecule has 33 heavy (non-hydrogen) atoms. The topological polar surface area (TPSA) is 22.2 Å². The Labute approximate surface area is 194 Å². The van der Waals surface area contributed by atoms with E-state index in [9.17, 15) is 0 Å². The molecule has 0 saturated heterocycles. The summed E-state index contributed by atoms with van der Waals surface area (Å²) in [5.41, 5.74) is 7.51. The van der Waals surface area contributed by atoms with Crippen LogP contribution in [0.2, 0.25) is 0 Å². The minimum atomic E-state index is 0.428. The molecule has 0 unspecified atom stereocenters. The molecule has 0 fully saturated rings. The zero-order valence-electron chi connectivity index (χ0n) is 19.9. The first-order valence-corrected chi connectivity index (χ1v) is 11.8. The molecule has 3 aromatic heterocycles. The maximum atomic E-state index is 5.02. The van der Waals surface area contributed by atoms with Gasteiger partial charge >= 0.3 is 0 Å². The minimum Gasteiger partial charge on any atom is -0.356 e. The van der Waals surface area contributed by atoms with E-state index in [1.807, 2.05) is 0 Å². The van der Waals surface area contributed by atoms with Gasteiger partial charge in [0.15, 0.2) is 0 Å². The average molecular weight is 432 g/mol. The number of imidazole rings is 1. The number of fused-ring (bicyclic) bond motifs is 7. The Hall–Kier alpha value is -3.59. The van der Waals surface area contributed by atoms with Gasteiger partial charge in [0.2, 0.25) is 0 Å². The molecule has 3 heteroatoms. The third-order valence-corrected chi connectivity index (χ3v) is 6.98. The number of pyridine rings is 1. The van der Waals surface area contributed by atoms with E-state index in [0.29, 0.717) is 11.8 Å². The number of nitrogens with zero attached hydrogens (tertiary/aromatic N) is 3. The van der Waals surface area contributed by atoms with Crippen LogP contribution in [0.4, 0.5) is 0 Å². The van der Waals surface area contributed by atoms with Gasteiger partial charge in [0.1, 0.15) is 5.65 Å². The molecule has 3 heterocycles. The Morgan fingerprint density at radius 1 is 0.727 bits per heavy atom. The summed E-state index contributed by atoms with van der Waals surface area (Å²) in [6.07, 6.45) is 6.49. The van der Waals surface area contributed by atoms with Crippen LogP contribution in [0.3, 0.4) is 0 Å². The summed E-state index contributed by atoms with van der Waals surface area (Å²) in [5, 5.41) is 6.23. The molecule has 0 radical (unpaired) electrons. The van der Waals surface area contributed by atoms with Crippen molar-refractivity contribution in [2.45, 2.75) is 39.5 Å². The highest BCUT2D eigenvalue weighted by atomic mass is 15.0. The fourth-order valence-electron chi connectivity index (χ4n) is 5.44. The second kappa shape index (κ2) is 7.21. The molecule has 0 bridgehead atoms. The molecule has 3 aromatic carbocycles. The second-order valence-electron chi connectivity index (χ2n) is 9.89. The molecule has 0 spiro atoms. The fourth-order valence-corrected chi connectivity index (χ4v) is 5.44. The second-order valence-corrected chi connectivity index (χ2v) is 9.89. The van der Waals surface area contributed by atoms with Crippen molar-refractivity contribution in [3.63, 3.8) is 0 Å². The number of aromatic nitrogens is 3. The van der Waals surface area contributed by atoms with Gasteiger partial charge in [-0.2, -0.15) is 0 Å². The molecular formula is C30H29N3. The van der Waals surface area contributed by atoms with Crippen LogP contribution in [0.5, 0.6) is 0 Å². The van der Waals surface area contributed by atoms with Gasteiger partial charge in [-0.05, 0) is 40.5 Å². The number of hydrogen-bond donors (Lipinski definition) is 0. The van der Waals surface area contributed by atoms with Gasteiger partial charge < -0.3 is 4.57 Å². The lowest BCUT2D eigenvalue weighted by atomic mass is 9.87. The van der Waals surface area contributed by atoms with Crippen LogP contribution in [-0.4, -0.2) is 14.0 Å². The van der Waals surface area contributed by atoms with Crippen LogP contribution in [0, 0.1) is 0 Å². The van der Waals surface area contributed by atoms with Gasteiger partial charge in [-0.25, -0.2) is 4.98 Å². The molecule has 0 atom stereocenters. The highest BCUT2D eigenvalue weighted by Gasteiger charge is 2.21. The molecule has 0 aliphatic heterocycles. The smallest absolute Gasteiger partial charge is 0.145 e. The Bertz CT molecular complexity index is 1650. The zero-order chi connectivity index (χ0) is 22.9. The first-order chi connectivity index (χ1) is 15.9. The van der Waals surface area contributed by atoms with Gasteiger partial charge in [0.05, 0.1) is 17.4 Å². The largest absolute Gasteiger partial charge is 0.356 e. The molecule has 0 N–H and O–H groups in total. The van der Waals surface area contributed by atoms with Gasteiger partial charge in [0, 0.05) is 46.5 Å². The lowest BCUT2D eigenvalue weighted by molar-refractivity contribution is 0.836. The molecule has 0 aliphatic carbocycles. The predicted octanol–water partition coefficient (Wildman–Crippen LogP) is 8.05. The molecule has 0 amide bonds. The molecule has 0 aliphatic rings. The first kappa shape index (κ1) is 20.0. The lowest BCUT2D eigenvalue weighted by Gasteiger charge is -2.20. The first-order valence-electron chi connectivity index (χ1n) is 11.8. The summed E-state index contributed by atoms with van der Waals surface area (Å²) in [7, 11) is 2.09. The van der Waals surface area contributed by atoms with Crippen LogP contribution < -0.4 is 0 Å². The summed E-state index contributed by atoms with van der Waals surface area (Å²) in [5.74, 6) is 0.855. The van der Waals surface area contributed by atoms with Crippen LogP contribution in [0.25, 0.3) is 49.4 Å². The van der Waals surface area contributed by atoms with Crippen molar-refractivity contribution in [1.82, 2.24) is 14.0 Å². The Balaban J connectivity index is 1.85. The fraction of sp³-hybridized carbons (Fsp3) is 0.233. The van der Waals surface area contributed by atoms with Crippen molar-refractivity contribution in [3.05, 3.63) is 84.3 Å². The third kappa shape index (κ3) is 2.92. The lowest BCUT2D eigenvalue weighted by Crippen LogP contribution is -2.02. The quantitative estimate of drug-likeness (QED) is 0.260. The molecule has 6 rings (SSSR count). The van der Waals surface area contributed by atoms with Crippen LogP contribution in [-0.2, 0) is 7.05 Å². The summed E-state index contributed by atoms with van der Waals surface area (Å²) in [6, 6.07) is 20.1. The van der Waals surface area contributed by atoms with Gasteiger partial charge in [0.25, 0.3) is 0 Å². The van der Waals surface area contributed by atoms with Crippen molar-refractivity contribution in [1.29, 1.82) is 0 Å². The van der Waals surface area contributed by atoms with E-state index in [1.165, 1.54) is 54.8 Å². The van der Waals surface area contributed by atoms with Crippen LogP contribution >= 0.6 is 0 Å². The maximum Gasteiger partial charge on any atom is 0.145 e. The number of benzene rings is 3.